The number of thiophene rings is 1. The zero-order valence-corrected chi connectivity index (χ0v) is 15.3. The smallest absolute Gasteiger partial charge is 0.252 e. The van der Waals surface area contributed by atoms with E-state index in [1.54, 1.807) is 6.07 Å². The lowest BCUT2D eigenvalue weighted by Gasteiger charge is -2.35. The molecule has 3 aromatic rings. The molecule has 8 heteroatoms. The molecule has 1 aromatic carbocycles. The van der Waals surface area contributed by atoms with Gasteiger partial charge in [0.25, 0.3) is 10.0 Å². The van der Waals surface area contributed by atoms with Crippen molar-refractivity contribution in [1.82, 2.24) is 14.4 Å². The van der Waals surface area contributed by atoms with Gasteiger partial charge < -0.3 is 4.52 Å². The number of sulfonamides is 1. The summed E-state index contributed by atoms with van der Waals surface area (Å²) in [5, 5.41) is 4.01. The highest BCUT2D eigenvalue weighted by Crippen LogP contribution is 2.33. The van der Waals surface area contributed by atoms with Crippen molar-refractivity contribution in [2.45, 2.75) is 23.5 Å². The minimum atomic E-state index is -3.40. The van der Waals surface area contributed by atoms with Crippen LogP contribution < -0.4 is 0 Å². The Morgan fingerprint density at radius 2 is 1.96 bits per heavy atom. The van der Waals surface area contributed by atoms with E-state index in [1.165, 1.54) is 15.6 Å². The van der Waals surface area contributed by atoms with Gasteiger partial charge in [0.15, 0.2) is 5.82 Å². The number of aromatic nitrogens is 2. The Morgan fingerprint density at radius 1 is 1.20 bits per heavy atom. The fourth-order valence-corrected chi connectivity index (χ4v) is 5.72. The molecule has 2 aromatic heterocycles. The molecule has 25 heavy (non-hydrogen) atoms. The predicted molar refractivity (Wildman–Crippen MR) is 94.1 cm³/mol. The lowest BCUT2D eigenvalue weighted by Crippen LogP contribution is -2.48. The molecule has 0 N–H and O–H groups in total. The lowest BCUT2D eigenvalue weighted by molar-refractivity contribution is 0.217. The van der Waals surface area contributed by atoms with Gasteiger partial charge in [0.2, 0.25) is 5.89 Å². The van der Waals surface area contributed by atoms with E-state index < -0.39 is 10.0 Å². The molecule has 6 nitrogen and oxygen atoms in total. The van der Waals surface area contributed by atoms with E-state index in [2.05, 4.69) is 10.1 Å². The average Bonchev–Trinajstić information content (AvgIpc) is 3.16. The van der Waals surface area contributed by atoms with E-state index in [9.17, 15) is 8.42 Å². The monoisotopic (exact) mass is 375 g/mol. The van der Waals surface area contributed by atoms with Crippen LogP contribution in [0.4, 0.5) is 0 Å². The van der Waals surface area contributed by atoms with Gasteiger partial charge in [-0.3, -0.25) is 0 Å². The number of hydrogen-bond acceptors (Lipinski definition) is 6. The first-order chi connectivity index (χ1) is 12.0. The number of nitrogens with zero attached hydrogens (tertiary/aromatic N) is 3. The Labute approximate surface area is 150 Å². The normalized spacial score (nSPS) is 16.0. The van der Waals surface area contributed by atoms with Gasteiger partial charge in [0.1, 0.15) is 4.21 Å². The third-order valence-electron chi connectivity index (χ3n) is 4.20. The second-order valence-corrected chi connectivity index (χ2v) is 9.55. The van der Waals surface area contributed by atoms with Gasteiger partial charge in [-0.15, -0.1) is 11.3 Å². The van der Waals surface area contributed by atoms with Gasteiger partial charge in [-0.05, 0) is 24.6 Å². The van der Waals surface area contributed by atoms with Gasteiger partial charge in [-0.1, -0.05) is 35.5 Å². The summed E-state index contributed by atoms with van der Waals surface area (Å²) in [6.45, 7) is 2.66. The van der Waals surface area contributed by atoms with E-state index >= 15 is 0 Å². The van der Waals surface area contributed by atoms with Crippen molar-refractivity contribution in [2.24, 2.45) is 0 Å². The number of benzene rings is 1. The Hall–Kier alpha value is -2.03. The highest BCUT2D eigenvalue weighted by atomic mass is 32.2. The molecule has 1 fully saturated rings. The van der Waals surface area contributed by atoms with E-state index in [4.69, 9.17) is 4.52 Å². The van der Waals surface area contributed by atoms with E-state index in [-0.39, 0.29) is 5.92 Å². The Kier molecular flexibility index (Phi) is 4.18. The van der Waals surface area contributed by atoms with Crippen LogP contribution >= 0.6 is 11.3 Å². The van der Waals surface area contributed by atoms with Gasteiger partial charge in [-0.25, -0.2) is 8.42 Å². The first-order valence-electron chi connectivity index (χ1n) is 7.95. The van der Waals surface area contributed by atoms with Crippen molar-refractivity contribution in [1.29, 1.82) is 0 Å². The number of aryl methyl sites for hydroxylation is 1. The molecule has 0 amide bonds. The molecule has 0 bridgehead atoms. The maximum absolute atomic E-state index is 12.5. The summed E-state index contributed by atoms with van der Waals surface area (Å²) in [7, 11) is -3.40. The largest absolute Gasteiger partial charge is 0.339 e. The summed E-state index contributed by atoms with van der Waals surface area (Å²) in [4.78, 5) is 5.41. The predicted octanol–water partition coefficient (Wildman–Crippen LogP) is 2.82. The van der Waals surface area contributed by atoms with E-state index in [0.717, 1.165) is 10.4 Å². The first kappa shape index (κ1) is 16.4. The molecule has 0 spiro atoms. The second-order valence-electron chi connectivity index (χ2n) is 6.10. The van der Waals surface area contributed by atoms with Crippen LogP contribution in [0.1, 0.15) is 28.1 Å². The van der Waals surface area contributed by atoms with Crippen LogP contribution in [-0.2, 0) is 16.4 Å². The molecule has 0 unspecified atom stereocenters. The van der Waals surface area contributed by atoms with Gasteiger partial charge in [0.05, 0.1) is 5.92 Å². The summed E-state index contributed by atoms with van der Waals surface area (Å²) in [5.41, 5.74) is 1.11. The summed E-state index contributed by atoms with van der Waals surface area (Å²) >= 11 is 1.29. The van der Waals surface area contributed by atoms with E-state index in [0.29, 0.717) is 35.4 Å². The Morgan fingerprint density at radius 3 is 2.64 bits per heavy atom. The van der Waals surface area contributed by atoms with Crippen LogP contribution in [0.2, 0.25) is 0 Å². The summed E-state index contributed by atoms with van der Waals surface area (Å²) in [5.74, 6) is 1.10. The van der Waals surface area contributed by atoms with Crippen molar-refractivity contribution in [3.8, 4) is 0 Å². The van der Waals surface area contributed by atoms with Crippen molar-refractivity contribution in [3.63, 3.8) is 0 Å². The maximum atomic E-state index is 12.5. The third kappa shape index (κ3) is 3.24. The van der Waals surface area contributed by atoms with Crippen LogP contribution in [-0.4, -0.2) is 36.0 Å². The van der Waals surface area contributed by atoms with Gasteiger partial charge in [0, 0.05) is 24.4 Å². The molecular weight excluding hydrogens is 358 g/mol. The van der Waals surface area contributed by atoms with Crippen LogP contribution in [0.25, 0.3) is 0 Å². The minimum Gasteiger partial charge on any atom is -0.339 e. The minimum absolute atomic E-state index is 0.0344. The maximum Gasteiger partial charge on any atom is 0.252 e. The van der Waals surface area contributed by atoms with Gasteiger partial charge >= 0.3 is 0 Å². The summed E-state index contributed by atoms with van der Waals surface area (Å²) < 4.78 is 32.2. The van der Waals surface area contributed by atoms with Crippen LogP contribution in [0.3, 0.4) is 0 Å². The van der Waals surface area contributed by atoms with Crippen molar-refractivity contribution >= 4 is 21.4 Å². The third-order valence-corrected chi connectivity index (χ3v) is 7.50. The van der Waals surface area contributed by atoms with Crippen molar-refractivity contribution < 1.29 is 12.9 Å². The zero-order valence-electron chi connectivity index (χ0n) is 13.6. The molecular formula is C17H17N3O3S2. The fourth-order valence-electron chi connectivity index (χ4n) is 2.75. The standard InChI is InChI=1S/C17H17N3O3S2/c1-12-7-8-16(24-12)25(21,22)20-10-14(11-20)17-18-15(19-23-17)9-13-5-3-2-4-6-13/h2-8,14H,9-11H2,1H3. The molecule has 1 saturated heterocycles. The molecule has 1 aliphatic heterocycles. The number of rotatable bonds is 5. The summed E-state index contributed by atoms with van der Waals surface area (Å²) in [6.07, 6.45) is 0.605. The zero-order chi connectivity index (χ0) is 17.4. The molecule has 0 atom stereocenters. The van der Waals surface area contributed by atoms with E-state index in [1.807, 2.05) is 43.3 Å². The lowest BCUT2D eigenvalue weighted by atomic mass is 10.0. The highest BCUT2D eigenvalue weighted by Gasteiger charge is 2.40. The summed E-state index contributed by atoms with van der Waals surface area (Å²) in [6, 6.07) is 13.4. The Bertz CT molecular complexity index is 974. The molecule has 1 aliphatic rings. The van der Waals surface area contributed by atoms with Gasteiger partial charge in [-0.2, -0.15) is 9.29 Å². The van der Waals surface area contributed by atoms with Crippen LogP contribution in [0.15, 0.2) is 51.2 Å². The SMILES string of the molecule is Cc1ccc(S(=O)(=O)N2CC(c3nc(Cc4ccccc4)no3)C2)s1. The fraction of sp³-hybridized carbons (Fsp3) is 0.294. The van der Waals surface area contributed by atoms with Crippen LogP contribution in [0, 0.1) is 6.92 Å². The molecule has 3 heterocycles. The first-order valence-corrected chi connectivity index (χ1v) is 10.2. The molecule has 4 rings (SSSR count). The molecule has 0 radical (unpaired) electrons. The quantitative estimate of drug-likeness (QED) is 0.685. The second kappa shape index (κ2) is 6.36. The van der Waals surface area contributed by atoms with Crippen LogP contribution in [0.5, 0.6) is 0 Å². The Balaban J connectivity index is 1.41. The van der Waals surface area contributed by atoms with Crippen molar-refractivity contribution in [3.05, 3.63) is 64.6 Å². The molecule has 0 saturated carbocycles. The number of hydrogen-bond donors (Lipinski definition) is 0. The molecule has 0 aliphatic carbocycles. The topological polar surface area (TPSA) is 76.3 Å². The highest BCUT2D eigenvalue weighted by molar-refractivity contribution is 7.91. The molecule has 130 valence electrons. The van der Waals surface area contributed by atoms with Crippen molar-refractivity contribution in [2.75, 3.05) is 13.1 Å². The average molecular weight is 375 g/mol.